The van der Waals surface area contributed by atoms with Gasteiger partial charge in [-0.3, -0.25) is 9.59 Å². The van der Waals surface area contributed by atoms with Crippen molar-refractivity contribution in [3.05, 3.63) is 35.9 Å². The Labute approximate surface area is 238 Å². The summed E-state index contributed by atoms with van der Waals surface area (Å²) in [7, 11) is 4.22. The second-order valence-corrected chi connectivity index (χ2v) is 11.1. The van der Waals surface area contributed by atoms with Crippen molar-refractivity contribution in [3.63, 3.8) is 0 Å². The summed E-state index contributed by atoms with van der Waals surface area (Å²) in [4.78, 5) is 26.1. The smallest absolute Gasteiger partial charge is 0.279 e. The minimum absolute atomic E-state index is 0. The molecule has 1 heterocycles. The monoisotopic (exact) mass is 613 g/mol. The highest BCUT2D eigenvalue weighted by atomic mass is 127. The van der Waals surface area contributed by atoms with Crippen LogP contribution in [-0.2, 0) is 16.0 Å². The Kier molecular flexibility index (Phi) is 17.4. The molecule has 6 heteroatoms. The number of amides is 2. The Morgan fingerprint density at radius 1 is 0.889 bits per heavy atom. The van der Waals surface area contributed by atoms with Gasteiger partial charge in [0.25, 0.3) is 5.91 Å². The van der Waals surface area contributed by atoms with E-state index in [1.807, 2.05) is 30.3 Å². The molecule has 2 rings (SSSR count). The number of benzene rings is 1. The zero-order valence-corrected chi connectivity index (χ0v) is 25.4. The maximum Gasteiger partial charge on any atom is 0.279 e. The van der Waals surface area contributed by atoms with Crippen molar-refractivity contribution >= 4 is 11.8 Å². The van der Waals surface area contributed by atoms with Gasteiger partial charge in [0.1, 0.15) is 6.04 Å². The quantitative estimate of drug-likeness (QED) is 0.152. The molecular weight excluding hydrogens is 561 g/mol. The maximum absolute atomic E-state index is 13.0. The number of nitrogens with one attached hydrogen (secondary N) is 2. The van der Waals surface area contributed by atoms with E-state index in [1.54, 1.807) is 0 Å². The molecule has 36 heavy (non-hydrogen) atoms. The molecule has 1 aliphatic rings. The lowest BCUT2D eigenvalue weighted by atomic mass is 10.0. The standard InChI is InChI=1S/C30H51N3O2.HI/c1-4-5-6-7-8-9-10-11-12-13-14-18-23-31-29(34)27(25-26-20-16-15-17-21-26)32-30(35)28-22-19-24-33(28,2)3;/h15-17,20-21,27-28H,4-14,18-19,22-25H2,1-3H3,(H-,31,32,34,35);1H/t27-,28-;/m0./s1. The molecule has 0 unspecified atom stereocenters. The van der Waals surface area contributed by atoms with Crippen molar-refractivity contribution in [2.24, 2.45) is 0 Å². The molecule has 1 aromatic carbocycles. The molecule has 1 aliphatic heterocycles. The van der Waals surface area contributed by atoms with Crippen LogP contribution in [0.15, 0.2) is 30.3 Å². The average molecular weight is 614 g/mol. The number of unbranched alkanes of at least 4 members (excludes halogenated alkanes) is 11. The summed E-state index contributed by atoms with van der Waals surface area (Å²) in [6, 6.07) is 9.38. The maximum atomic E-state index is 13.0. The van der Waals surface area contributed by atoms with Crippen molar-refractivity contribution in [2.75, 3.05) is 27.2 Å². The van der Waals surface area contributed by atoms with Crippen LogP contribution in [-0.4, -0.2) is 55.6 Å². The largest absolute Gasteiger partial charge is 1.00 e. The van der Waals surface area contributed by atoms with E-state index in [4.69, 9.17) is 0 Å². The van der Waals surface area contributed by atoms with Crippen molar-refractivity contribution in [3.8, 4) is 0 Å². The molecule has 2 N–H and O–H groups in total. The number of carbonyl (C=O) groups excluding carboxylic acids is 2. The minimum atomic E-state index is -0.525. The van der Waals surface area contributed by atoms with Crippen LogP contribution in [0.1, 0.15) is 102 Å². The molecule has 1 saturated heterocycles. The van der Waals surface area contributed by atoms with Crippen LogP contribution >= 0.6 is 0 Å². The van der Waals surface area contributed by atoms with Crippen molar-refractivity contribution in [2.45, 2.75) is 115 Å². The third-order valence-electron chi connectivity index (χ3n) is 7.60. The van der Waals surface area contributed by atoms with E-state index in [0.717, 1.165) is 37.8 Å². The molecule has 1 fully saturated rings. The van der Waals surface area contributed by atoms with E-state index in [9.17, 15) is 9.59 Å². The summed E-state index contributed by atoms with van der Waals surface area (Å²) in [6.07, 6.45) is 18.1. The van der Waals surface area contributed by atoms with E-state index in [1.165, 1.54) is 64.2 Å². The van der Waals surface area contributed by atoms with Crippen LogP contribution in [0, 0.1) is 0 Å². The van der Waals surface area contributed by atoms with Gasteiger partial charge < -0.3 is 39.1 Å². The second-order valence-electron chi connectivity index (χ2n) is 11.1. The first-order valence-corrected chi connectivity index (χ1v) is 14.4. The van der Waals surface area contributed by atoms with Gasteiger partial charge >= 0.3 is 0 Å². The Morgan fingerprint density at radius 2 is 1.44 bits per heavy atom. The molecule has 0 radical (unpaired) electrons. The van der Waals surface area contributed by atoms with Crippen molar-refractivity contribution in [1.82, 2.24) is 10.6 Å². The van der Waals surface area contributed by atoms with Crippen LogP contribution in [0.3, 0.4) is 0 Å². The number of likely N-dealkylation sites (tertiary alicyclic amines) is 1. The number of rotatable bonds is 18. The number of nitrogens with zero attached hydrogens (tertiary/aromatic N) is 1. The number of carbonyl (C=O) groups is 2. The molecule has 0 spiro atoms. The lowest BCUT2D eigenvalue weighted by molar-refractivity contribution is -0.893. The Morgan fingerprint density at radius 3 is 1.97 bits per heavy atom. The highest BCUT2D eigenvalue weighted by Gasteiger charge is 2.40. The van der Waals surface area contributed by atoms with Gasteiger partial charge in [-0.05, 0) is 12.0 Å². The van der Waals surface area contributed by atoms with Gasteiger partial charge in [-0.2, -0.15) is 0 Å². The molecular formula is C30H52IN3O2. The fraction of sp³-hybridized carbons (Fsp3) is 0.733. The first-order valence-electron chi connectivity index (χ1n) is 14.4. The van der Waals surface area contributed by atoms with Crippen LogP contribution in [0.4, 0.5) is 0 Å². The zero-order chi connectivity index (χ0) is 25.4. The Balaban J connectivity index is 0.00000648. The molecule has 0 aromatic heterocycles. The lowest BCUT2D eigenvalue weighted by Gasteiger charge is -2.31. The lowest BCUT2D eigenvalue weighted by Crippen LogP contribution is -3.00. The van der Waals surface area contributed by atoms with Gasteiger partial charge in [0.15, 0.2) is 6.04 Å². The highest BCUT2D eigenvalue weighted by molar-refractivity contribution is 5.89. The fourth-order valence-electron chi connectivity index (χ4n) is 5.27. The topological polar surface area (TPSA) is 58.2 Å². The van der Waals surface area contributed by atoms with Crippen LogP contribution in [0.5, 0.6) is 0 Å². The summed E-state index contributed by atoms with van der Waals surface area (Å²) in [5.41, 5.74) is 1.07. The zero-order valence-electron chi connectivity index (χ0n) is 23.2. The molecule has 1 aromatic rings. The summed E-state index contributed by atoms with van der Waals surface area (Å²) in [5, 5.41) is 6.19. The normalized spacial score (nSPS) is 17.2. The number of quaternary nitrogens is 1. The molecule has 2 amide bonds. The number of hydrogen-bond donors (Lipinski definition) is 2. The van der Waals surface area contributed by atoms with E-state index in [2.05, 4.69) is 31.7 Å². The van der Waals surface area contributed by atoms with Gasteiger partial charge in [-0.1, -0.05) is 108 Å². The van der Waals surface area contributed by atoms with E-state index >= 15 is 0 Å². The number of likely N-dealkylation sites (N-methyl/N-ethyl adjacent to an activating group) is 1. The molecule has 206 valence electrons. The van der Waals surface area contributed by atoms with E-state index in [-0.39, 0.29) is 41.8 Å². The molecule has 0 saturated carbocycles. The third kappa shape index (κ3) is 12.9. The molecule has 2 atom stereocenters. The Bertz CT molecular complexity index is 726. The van der Waals surface area contributed by atoms with Crippen molar-refractivity contribution < 1.29 is 38.0 Å². The third-order valence-corrected chi connectivity index (χ3v) is 7.60. The summed E-state index contributed by atoms with van der Waals surface area (Å²) in [6.45, 7) is 3.96. The average Bonchev–Trinajstić information content (AvgIpc) is 3.21. The van der Waals surface area contributed by atoms with Gasteiger partial charge in [0.2, 0.25) is 5.91 Å². The van der Waals surface area contributed by atoms with Gasteiger partial charge in [-0.25, -0.2) is 0 Å². The minimum Gasteiger partial charge on any atom is -1.00 e. The summed E-state index contributed by atoms with van der Waals surface area (Å²) in [5.74, 6) is -0.0532. The fourth-order valence-corrected chi connectivity index (χ4v) is 5.27. The number of halogens is 1. The molecule has 0 aliphatic carbocycles. The van der Waals surface area contributed by atoms with Gasteiger partial charge in [0.05, 0.1) is 20.6 Å². The van der Waals surface area contributed by atoms with E-state index < -0.39 is 6.04 Å². The Hall–Kier alpha value is -1.15. The molecule has 0 bridgehead atoms. The first kappa shape index (κ1) is 32.9. The van der Waals surface area contributed by atoms with Crippen molar-refractivity contribution in [1.29, 1.82) is 0 Å². The first-order chi connectivity index (χ1) is 16.9. The predicted octanol–water partition coefficient (Wildman–Crippen LogP) is 2.77. The van der Waals surface area contributed by atoms with Gasteiger partial charge in [-0.15, -0.1) is 0 Å². The second kappa shape index (κ2) is 19.0. The summed E-state index contributed by atoms with van der Waals surface area (Å²) < 4.78 is 0.699. The van der Waals surface area contributed by atoms with Gasteiger partial charge in [0, 0.05) is 25.8 Å². The molecule has 5 nitrogen and oxygen atoms in total. The van der Waals surface area contributed by atoms with E-state index in [0.29, 0.717) is 17.4 Å². The number of hydrogen-bond acceptors (Lipinski definition) is 2. The van der Waals surface area contributed by atoms with Crippen LogP contribution in [0.2, 0.25) is 0 Å². The summed E-state index contributed by atoms with van der Waals surface area (Å²) >= 11 is 0. The van der Waals surface area contributed by atoms with Crippen LogP contribution in [0.25, 0.3) is 0 Å². The predicted molar refractivity (Wildman–Crippen MR) is 146 cm³/mol. The highest BCUT2D eigenvalue weighted by Crippen LogP contribution is 2.22. The van der Waals surface area contributed by atoms with Crippen LogP contribution < -0.4 is 34.6 Å². The SMILES string of the molecule is CCCCCCCCCCCCCCNC(=O)[C@H](Cc1ccccc1)NC(=O)[C@@H]1CCC[N+]1(C)C.[I-].